The van der Waals surface area contributed by atoms with Crippen molar-refractivity contribution in [2.75, 3.05) is 25.6 Å². The van der Waals surface area contributed by atoms with E-state index in [1.54, 1.807) is 12.3 Å². The highest BCUT2D eigenvalue weighted by atomic mass is 16.5. The van der Waals surface area contributed by atoms with Gasteiger partial charge >= 0.3 is 0 Å². The maximum absolute atomic E-state index is 11.9. The molecule has 1 saturated heterocycles. The van der Waals surface area contributed by atoms with Gasteiger partial charge in [-0.3, -0.25) is 9.78 Å². The van der Waals surface area contributed by atoms with Crippen LogP contribution >= 0.6 is 0 Å². The summed E-state index contributed by atoms with van der Waals surface area (Å²) in [7, 11) is 1.81. The van der Waals surface area contributed by atoms with E-state index in [-0.39, 0.29) is 11.9 Å². The molecule has 0 saturated carbocycles. The fourth-order valence-electron chi connectivity index (χ4n) is 1.82. The van der Waals surface area contributed by atoms with Crippen LogP contribution in [0.5, 0.6) is 0 Å². The number of carbonyl (C=O) groups is 1. The predicted octanol–water partition coefficient (Wildman–Crippen LogP) is 1.03. The number of nitrogens with one attached hydrogen (secondary N) is 2. The third kappa shape index (κ3) is 3.17. The topological polar surface area (TPSA) is 63.2 Å². The Hall–Kier alpha value is -1.62. The van der Waals surface area contributed by atoms with Crippen LogP contribution in [-0.2, 0) is 4.74 Å². The van der Waals surface area contributed by atoms with Crippen LogP contribution in [0.1, 0.15) is 23.3 Å². The van der Waals surface area contributed by atoms with Crippen molar-refractivity contribution in [3.8, 4) is 0 Å². The molecular formula is C12H17N3O2. The van der Waals surface area contributed by atoms with Crippen LogP contribution in [0.2, 0.25) is 0 Å². The third-order valence-electron chi connectivity index (χ3n) is 2.78. The van der Waals surface area contributed by atoms with Gasteiger partial charge in [-0.15, -0.1) is 0 Å². The van der Waals surface area contributed by atoms with Gasteiger partial charge in [-0.05, 0) is 25.0 Å². The summed E-state index contributed by atoms with van der Waals surface area (Å²) in [6.07, 6.45) is 3.59. The second kappa shape index (κ2) is 5.63. The van der Waals surface area contributed by atoms with Gasteiger partial charge in [-0.25, -0.2) is 0 Å². The summed E-state index contributed by atoms with van der Waals surface area (Å²) in [4.78, 5) is 16.0. The summed E-state index contributed by atoms with van der Waals surface area (Å²) < 4.78 is 5.32. The minimum absolute atomic E-state index is 0.108. The molecule has 2 heterocycles. The SMILES string of the molecule is CNc1ccnc(C(=O)NC2CCCOC2)c1. The molecule has 0 bridgehead atoms. The monoisotopic (exact) mass is 235 g/mol. The van der Waals surface area contributed by atoms with E-state index in [2.05, 4.69) is 15.6 Å². The molecule has 1 atom stereocenters. The Labute approximate surface area is 101 Å². The van der Waals surface area contributed by atoms with E-state index in [0.29, 0.717) is 12.3 Å². The summed E-state index contributed by atoms with van der Waals surface area (Å²) in [5.74, 6) is -0.141. The molecule has 1 unspecified atom stereocenters. The first-order valence-corrected chi connectivity index (χ1v) is 5.82. The number of hydrogen-bond acceptors (Lipinski definition) is 4. The molecule has 0 aliphatic carbocycles. The van der Waals surface area contributed by atoms with Crippen LogP contribution in [0.25, 0.3) is 0 Å². The van der Waals surface area contributed by atoms with Gasteiger partial charge in [0, 0.05) is 25.5 Å². The van der Waals surface area contributed by atoms with E-state index >= 15 is 0 Å². The Morgan fingerprint density at radius 1 is 1.59 bits per heavy atom. The van der Waals surface area contributed by atoms with Crippen molar-refractivity contribution >= 4 is 11.6 Å². The molecule has 2 rings (SSSR count). The standard InChI is InChI=1S/C12H17N3O2/c1-13-9-4-5-14-11(7-9)12(16)15-10-3-2-6-17-8-10/h4-5,7,10H,2-3,6,8H2,1H3,(H,13,14)(H,15,16). The van der Waals surface area contributed by atoms with Crippen molar-refractivity contribution in [1.29, 1.82) is 0 Å². The van der Waals surface area contributed by atoms with Crippen molar-refractivity contribution in [2.45, 2.75) is 18.9 Å². The second-order valence-corrected chi connectivity index (χ2v) is 4.07. The maximum atomic E-state index is 11.9. The molecule has 1 amide bonds. The number of carbonyl (C=O) groups excluding carboxylic acids is 1. The Balaban J connectivity index is 1.98. The lowest BCUT2D eigenvalue weighted by atomic mass is 10.1. The first-order valence-electron chi connectivity index (χ1n) is 5.82. The Morgan fingerprint density at radius 3 is 3.18 bits per heavy atom. The Bertz CT molecular complexity index is 389. The molecule has 0 radical (unpaired) electrons. The van der Waals surface area contributed by atoms with Crippen molar-refractivity contribution in [2.24, 2.45) is 0 Å². The van der Waals surface area contributed by atoms with Crippen LogP contribution < -0.4 is 10.6 Å². The van der Waals surface area contributed by atoms with Gasteiger partial charge in [-0.2, -0.15) is 0 Å². The molecule has 92 valence electrons. The number of rotatable bonds is 3. The van der Waals surface area contributed by atoms with Crippen LogP contribution in [0, 0.1) is 0 Å². The van der Waals surface area contributed by atoms with E-state index in [4.69, 9.17) is 4.74 Å². The molecule has 0 aromatic carbocycles. The van der Waals surface area contributed by atoms with Gasteiger partial charge < -0.3 is 15.4 Å². The number of aromatic nitrogens is 1. The van der Waals surface area contributed by atoms with Crippen LogP contribution in [0.15, 0.2) is 18.3 Å². The zero-order valence-corrected chi connectivity index (χ0v) is 9.90. The van der Waals surface area contributed by atoms with Gasteiger partial charge in [0.2, 0.25) is 0 Å². The summed E-state index contributed by atoms with van der Waals surface area (Å²) in [6.45, 7) is 1.39. The normalized spacial score (nSPS) is 19.7. The predicted molar refractivity (Wildman–Crippen MR) is 65.1 cm³/mol. The number of amides is 1. The number of hydrogen-bond donors (Lipinski definition) is 2. The number of anilines is 1. The minimum Gasteiger partial charge on any atom is -0.388 e. The zero-order chi connectivity index (χ0) is 12.1. The first-order chi connectivity index (χ1) is 8.29. The molecule has 1 aromatic heterocycles. The average Bonchev–Trinajstić information content (AvgIpc) is 2.40. The Kier molecular flexibility index (Phi) is 3.93. The van der Waals surface area contributed by atoms with E-state index in [0.717, 1.165) is 25.1 Å². The summed E-state index contributed by atoms with van der Waals surface area (Å²) in [5, 5.41) is 5.91. The van der Waals surface area contributed by atoms with Gasteiger partial charge in [-0.1, -0.05) is 0 Å². The van der Waals surface area contributed by atoms with E-state index in [1.165, 1.54) is 0 Å². The summed E-state index contributed by atoms with van der Waals surface area (Å²) in [6, 6.07) is 3.66. The van der Waals surface area contributed by atoms with Gasteiger partial charge in [0.1, 0.15) is 5.69 Å². The molecule has 1 aliphatic rings. The number of pyridine rings is 1. The van der Waals surface area contributed by atoms with E-state index in [1.807, 2.05) is 13.1 Å². The van der Waals surface area contributed by atoms with Gasteiger partial charge in [0.15, 0.2) is 0 Å². The molecule has 1 fully saturated rings. The smallest absolute Gasteiger partial charge is 0.270 e. The van der Waals surface area contributed by atoms with Gasteiger partial charge in [0.05, 0.1) is 12.6 Å². The van der Waals surface area contributed by atoms with Crippen LogP contribution in [0.4, 0.5) is 5.69 Å². The molecule has 5 heteroatoms. The number of ether oxygens (including phenoxy) is 1. The maximum Gasteiger partial charge on any atom is 0.270 e. The summed E-state index contributed by atoms with van der Waals surface area (Å²) >= 11 is 0. The van der Waals surface area contributed by atoms with Crippen LogP contribution in [-0.4, -0.2) is 37.2 Å². The summed E-state index contributed by atoms with van der Waals surface area (Å²) in [5.41, 5.74) is 1.31. The molecule has 17 heavy (non-hydrogen) atoms. The Morgan fingerprint density at radius 2 is 2.47 bits per heavy atom. The highest BCUT2D eigenvalue weighted by molar-refractivity contribution is 5.93. The molecule has 0 spiro atoms. The van der Waals surface area contributed by atoms with Crippen molar-refractivity contribution in [1.82, 2.24) is 10.3 Å². The third-order valence-corrected chi connectivity index (χ3v) is 2.78. The highest BCUT2D eigenvalue weighted by Gasteiger charge is 2.17. The first kappa shape index (κ1) is 11.9. The fourth-order valence-corrected chi connectivity index (χ4v) is 1.82. The molecule has 5 nitrogen and oxygen atoms in total. The van der Waals surface area contributed by atoms with Crippen molar-refractivity contribution < 1.29 is 9.53 Å². The largest absolute Gasteiger partial charge is 0.388 e. The average molecular weight is 235 g/mol. The van der Waals surface area contributed by atoms with Crippen LogP contribution in [0.3, 0.4) is 0 Å². The number of nitrogens with zero attached hydrogens (tertiary/aromatic N) is 1. The van der Waals surface area contributed by atoms with Gasteiger partial charge in [0.25, 0.3) is 5.91 Å². The van der Waals surface area contributed by atoms with E-state index < -0.39 is 0 Å². The van der Waals surface area contributed by atoms with Crippen molar-refractivity contribution in [3.63, 3.8) is 0 Å². The second-order valence-electron chi connectivity index (χ2n) is 4.07. The van der Waals surface area contributed by atoms with E-state index in [9.17, 15) is 4.79 Å². The zero-order valence-electron chi connectivity index (χ0n) is 9.90. The highest BCUT2D eigenvalue weighted by Crippen LogP contribution is 2.09. The molecule has 1 aromatic rings. The van der Waals surface area contributed by atoms with Crippen molar-refractivity contribution in [3.05, 3.63) is 24.0 Å². The lowest BCUT2D eigenvalue weighted by molar-refractivity contribution is 0.0622. The fraction of sp³-hybridized carbons (Fsp3) is 0.500. The lowest BCUT2D eigenvalue weighted by Crippen LogP contribution is -2.40. The molecule has 2 N–H and O–H groups in total. The minimum atomic E-state index is -0.141. The molecule has 1 aliphatic heterocycles. The quantitative estimate of drug-likeness (QED) is 0.821. The molecular weight excluding hydrogens is 218 g/mol. The lowest BCUT2D eigenvalue weighted by Gasteiger charge is -2.22.